The van der Waals surface area contributed by atoms with Gasteiger partial charge in [0.05, 0.1) is 6.61 Å². The van der Waals surface area contributed by atoms with Gasteiger partial charge in [0.25, 0.3) is 10.2 Å². The van der Waals surface area contributed by atoms with Gasteiger partial charge in [0.1, 0.15) is 12.4 Å². The van der Waals surface area contributed by atoms with E-state index < -0.39 is 28.8 Å². The molecule has 1 N–H and O–H groups in total. The molecule has 0 saturated carbocycles. The van der Waals surface area contributed by atoms with E-state index in [1.807, 2.05) is 0 Å². The van der Waals surface area contributed by atoms with Crippen LogP contribution in [0.25, 0.3) is 0 Å². The number of alkyl halides is 3. The van der Waals surface area contributed by atoms with Gasteiger partial charge in [-0.25, -0.2) is 4.39 Å². The number of benzene rings is 2. The Bertz CT molecular complexity index is 901. The van der Waals surface area contributed by atoms with E-state index >= 15 is 0 Å². The fourth-order valence-electron chi connectivity index (χ4n) is 2.31. The first-order valence-corrected chi connectivity index (χ1v) is 10.2. The Labute approximate surface area is 171 Å². The Hall–Kier alpha value is -1.72. The maximum atomic E-state index is 13.8. The number of nitrogens with zero attached hydrogens (tertiary/aromatic N) is 1. The van der Waals surface area contributed by atoms with Crippen molar-refractivity contribution in [3.63, 3.8) is 0 Å². The van der Waals surface area contributed by atoms with Crippen molar-refractivity contribution in [2.24, 2.45) is 0 Å². The van der Waals surface area contributed by atoms with Gasteiger partial charge in [-0.1, -0.05) is 41.9 Å². The van der Waals surface area contributed by atoms with E-state index in [9.17, 15) is 26.0 Å². The summed E-state index contributed by atoms with van der Waals surface area (Å²) in [4.78, 5) is 0. The first-order chi connectivity index (χ1) is 13.5. The van der Waals surface area contributed by atoms with Crippen LogP contribution in [0.3, 0.4) is 0 Å². The molecule has 0 amide bonds. The molecule has 0 atom stereocenters. The van der Waals surface area contributed by atoms with Crippen molar-refractivity contribution in [2.75, 3.05) is 13.7 Å². The maximum Gasteiger partial charge on any atom is 0.411 e. The number of halogens is 5. The average molecular weight is 455 g/mol. The summed E-state index contributed by atoms with van der Waals surface area (Å²) in [6.07, 6.45) is -4.39. The van der Waals surface area contributed by atoms with E-state index in [-0.39, 0.29) is 30.3 Å². The van der Waals surface area contributed by atoms with Gasteiger partial charge in [0, 0.05) is 30.7 Å². The lowest BCUT2D eigenvalue weighted by Gasteiger charge is -2.19. The lowest BCUT2D eigenvalue weighted by Crippen LogP contribution is -2.37. The molecule has 0 radical (unpaired) electrons. The standard InChI is InChI=1S/C18H19ClF4N2O3S/c1-25(10-15-16(19)3-2-4-17(15)20)29(26,27)24-9-13-5-7-14(8-6-13)11-28-12-18(21,22)23/h2-8,24H,9-12H2,1H3. The fourth-order valence-corrected chi connectivity index (χ4v) is 3.40. The first-order valence-electron chi connectivity index (χ1n) is 8.34. The zero-order valence-corrected chi connectivity index (χ0v) is 16.9. The third kappa shape index (κ3) is 7.56. The van der Waals surface area contributed by atoms with E-state index in [2.05, 4.69) is 9.46 Å². The van der Waals surface area contributed by atoms with Crippen LogP contribution in [0.2, 0.25) is 5.02 Å². The van der Waals surface area contributed by atoms with Crippen molar-refractivity contribution in [3.8, 4) is 0 Å². The minimum Gasteiger partial charge on any atom is -0.367 e. The number of rotatable bonds is 9. The van der Waals surface area contributed by atoms with Gasteiger partial charge in [0.2, 0.25) is 0 Å². The van der Waals surface area contributed by atoms with Gasteiger partial charge < -0.3 is 4.74 Å². The summed E-state index contributed by atoms with van der Waals surface area (Å²) < 4.78 is 82.6. The molecule has 2 aromatic rings. The van der Waals surface area contributed by atoms with Crippen molar-refractivity contribution < 1.29 is 30.7 Å². The molecule has 5 nitrogen and oxygen atoms in total. The Kier molecular flexibility index (Phi) is 8.01. The maximum absolute atomic E-state index is 13.8. The van der Waals surface area contributed by atoms with Crippen LogP contribution in [0.1, 0.15) is 16.7 Å². The van der Waals surface area contributed by atoms with Crippen molar-refractivity contribution in [1.82, 2.24) is 9.03 Å². The van der Waals surface area contributed by atoms with E-state index in [1.54, 1.807) is 24.3 Å². The Morgan fingerprint density at radius 2 is 1.72 bits per heavy atom. The van der Waals surface area contributed by atoms with E-state index in [0.717, 1.165) is 4.31 Å². The summed E-state index contributed by atoms with van der Waals surface area (Å²) in [6, 6.07) is 10.3. The smallest absolute Gasteiger partial charge is 0.367 e. The molecule has 0 spiro atoms. The Balaban J connectivity index is 1.90. The minimum atomic E-state index is -4.39. The average Bonchev–Trinajstić information content (AvgIpc) is 2.63. The molecule has 0 aromatic heterocycles. The molecule has 0 fully saturated rings. The zero-order chi connectivity index (χ0) is 21.7. The lowest BCUT2D eigenvalue weighted by molar-refractivity contribution is -0.176. The summed E-state index contributed by atoms with van der Waals surface area (Å²) in [7, 11) is -2.64. The SMILES string of the molecule is CN(Cc1c(F)cccc1Cl)S(=O)(=O)NCc1ccc(COCC(F)(F)F)cc1. The second kappa shape index (κ2) is 9.86. The molecule has 160 valence electrons. The molecule has 0 bridgehead atoms. The summed E-state index contributed by atoms with van der Waals surface area (Å²) in [5, 5.41) is 0.121. The number of hydrogen-bond acceptors (Lipinski definition) is 3. The number of ether oxygens (including phenoxy) is 1. The summed E-state index contributed by atoms with van der Waals surface area (Å²) in [5.41, 5.74) is 1.17. The minimum absolute atomic E-state index is 0.0542. The van der Waals surface area contributed by atoms with Crippen LogP contribution in [-0.2, 0) is 34.6 Å². The highest BCUT2D eigenvalue weighted by Crippen LogP contribution is 2.21. The van der Waals surface area contributed by atoms with Crippen LogP contribution in [0.5, 0.6) is 0 Å². The first kappa shape index (κ1) is 23.6. The molecule has 0 aliphatic heterocycles. The van der Waals surface area contributed by atoms with Crippen LogP contribution >= 0.6 is 11.6 Å². The second-order valence-corrected chi connectivity index (χ2v) is 8.48. The highest BCUT2D eigenvalue weighted by atomic mass is 35.5. The monoisotopic (exact) mass is 454 g/mol. The van der Waals surface area contributed by atoms with Gasteiger partial charge in [-0.05, 0) is 23.3 Å². The predicted octanol–water partition coefficient (Wildman–Crippen LogP) is 4.02. The molecule has 0 saturated heterocycles. The van der Waals surface area contributed by atoms with Crippen LogP contribution in [0.4, 0.5) is 17.6 Å². The van der Waals surface area contributed by atoms with Crippen molar-refractivity contribution in [2.45, 2.75) is 25.9 Å². The predicted molar refractivity (Wildman–Crippen MR) is 101 cm³/mol. The van der Waals surface area contributed by atoms with Gasteiger partial charge >= 0.3 is 6.18 Å². The normalized spacial score (nSPS) is 12.5. The topological polar surface area (TPSA) is 58.6 Å². The molecule has 0 aliphatic carbocycles. The zero-order valence-electron chi connectivity index (χ0n) is 15.3. The molecule has 2 rings (SSSR count). The van der Waals surface area contributed by atoms with Gasteiger partial charge in [-0.3, -0.25) is 0 Å². The van der Waals surface area contributed by atoms with E-state index in [4.69, 9.17) is 11.6 Å². The van der Waals surface area contributed by atoms with Crippen molar-refractivity contribution in [3.05, 3.63) is 70.0 Å². The molecule has 0 heterocycles. The molecular weight excluding hydrogens is 436 g/mol. The third-order valence-corrected chi connectivity index (χ3v) is 5.68. The fraction of sp³-hybridized carbons (Fsp3) is 0.333. The van der Waals surface area contributed by atoms with Gasteiger partial charge in [0.15, 0.2) is 0 Å². The Morgan fingerprint density at radius 3 is 2.31 bits per heavy atom. The highest BCUT2D eigenvalue weighted by Gasteiger charge is 2.27. The lowest BCUT2D eigenvalue weighted by atomic mass is 10.1. The molecule has 11 heteroatoms. The van der Waals surface area contributed by atoms with Crippen molar-refractivity contribution in [1.29, 1.82) is 0 Å². The third-order valence-electron chi connectivity index (χ3n) is 3.87. The number of hydrogen-bond donors (Lipinski definition) is 1. The summed E-state index contributed by atoms with van der Waals surface area (Å²) in [5.74, 6) is -0.608. The van der Waals surface area contributed by atoms with Gasteiger partial charge in [-0.15, -0.1) is 0 Å². The van der Waals surface area contributed by atoms with Crippen LogP contribution in [-0.4, -0.2) is 32.6 Å². The van der Waals surface area contributed by atoms with Crippen LogP contribution < -0.4 is 4.72 Å². The van der Waals surface area contributed by atoms with E-state index in [1.165, 1.54) is 25.2 Å². The second-order valence-electron chi connectivity index (χ2n) is 6.21. The summed E-state index contributed by atoms with van der Waals surface area (Å²) >= 11 is 5.92. The van der Waals surface area contributed by atoms with Gasteiger partial charge in [-0.2, -0.15) is 30.6 Å². The molecule has 2 aromatic carbocycles. The highest BCUT2D eigenvalue weighted by molar-refractivity contribution is 7.87. The molecular formula is C18H19ClF4N2O3S. The number of nitrogens with one attached hydrogen (secondary N) is 1. The molecule has 29 heavy (non-hydrogen) atoms. The van der Waals surface area contributed by atoms with Crippen molar-refractivity contribution >= 4 is 21.8 Å². The van der Waals surface area contributed by atoms with Crippen LogP contribution in [0.15, 0.2) is 42.5 Å². The van der Waals surface area contributed by atoms with Crippen LogP contribution in [0, 0.1) is 5.82 Å². The van der Waals surface area contributed by atoms with E-state index in [0.29, 0.717) is 11.1 Å². The quantitative estimate of drug-likeness (QED) is 0.582. The molecule has 0 unspecified atom stereocenters. The largest absolute Gasteiger partial charge is 0.411 e. The Morgan fingerprint density at radius 1 is 1.10 bits per heavy atom. The molecule has 0 aliphatic rings. The summed E-state index contributed by atoms with van der Waals surface area (Å²) in [6.45, 7) is -1.86.